The number of methoxy groups -OCH3 is 1. The largest absolute Gasteiger partial charge is 0.494 e. The SMILES string of the molecule is COC(=O)c1ccc(OCCCn2ccc3cc(F)ccc32)cc1. The van der Waals surface area contributed by atoms with E-state index < -0.39 is 0 Å². The van der Waals surface area contributed by atoms with E-state index in [9.17, 15) is 9.18 Å². The van der Waals surface area contributed by atoms with E-state index in [1.54, 1.807) is 30.3 Å². The molecule has 0 saturated carbocycles. The molecular formula is C19H18FNO3. The van der Waals surface area contributed by atoms with Crippen molar-refractivity contribution >= 4 is 16.9 Å². The van der Waals surface area contributed by atoms with Gasteiger partial charge in [-0.15, -0.1) is 0 Å². The molecule has 4 nitrogen and oxygen atoms in total. The summed E-state index contributed by atoms with van der Waals surface area (Å²) in [6.07, 6.45) is 2.77. The van der Waals surface area contributed by atoms with Crippen LogP contribution in [0.2, 0.25) is 0 Å². The summed E-state index contributed by atoms with van der Waals surface area (Å²) in [6, 6.07) is 13.6. The van der Waals surface area contributed by atoms with Gasteiger partial charge in [0.05, 0.1) is 19.3 Å². The topological polar surface area (TPSA) is 40.5 Å². The summed E-state index contributed by atoms with van der Waals surface area (Å²) in [6.45, 7) is 1.34. The first-order valence-electron chi connectivity index (χ1n) is 7.73. The summed E-state index contributed by atoms with van der Waals surface area (Å²) >= 11 is 0. The monoisotopic (exact) mass is 327 g/mol. The van der Waals surface area contributed by atoms with Crippen molar-refractivity contribution in [2.75, 3.05) is 13.7 Å². The van der Waals surface area contributed by atoms with Crippen LogP contribution in [0.1, 0.15) is 16.8 Å². The molecule has 0 amide bonds. The van der Waals surface area contributed by atoms with Crippen LogP contribution in [0.15, 0.2) is 54.7 Å². The minimum atomic E-state index is -0.363. The van der Waals surface area contributed by atoms with Gasteiger partial charge in [0.1, 0.15) is 11.6 Å². The maximum Gasteiger partial charge on any atom is 0.337 e. The van der Waals surface area contributed by atoms with E-state index in [4.69, 9.17) is 4.74 Å². The second kappa shape index (κ2) is 7.17. The number of hydrogen-bond donors (Lipinski definition) is 0. The number of benzene rings is 2. The molecule has 2 aromatic carbocycles. The van der Waals surface area contributed by atoms with Crippen molar-refractivity contribution in [1.29, 1.82) is 0 Å². The van der Waals surface area contributed by atoms with E-state index in [0.717, 1.165) is 23.9 Å². The lowest BCUT2D eigenvalue weighted by atomic mass is 10.2. The Morgan fingerprint density at radius 2 is 1.92 bits per heavy atom. The van der Waals surface area contributed by atoms with Crippen LogP contribution >= 0.6 is 0 Å². The lowest BCUT2D eigenvalue weighted by Gasteiger charge is -2.08. The predicted octanol–water partition coefficient (Wildman–Crippen LogP) is 4.04. The molecule has 0 atom stereocenters. The lowest BCUT2D eigenvalue weighted by molar-refractivity contribution is 0.0600. The number of nitrogens with zero attached hydrogens (tertiary/aromatic N) is 1. The summed E-state index contributed by atoms with van der Waals surface area (Å²) in [4.78, 5) is 11.4. The number of aromatic nitrogens is 1. The van der Waals surface area contributed by atoms with Crippen LogP contribution in [-0.4, -0.2) is 24.3 Å². The molecule has 0 bridgehead atoms. The van der Waals surface area contributed by atoms with Crippen LogP contribution in [0.25, 0.3) is 10.9 Å². The first-order valence-corrected chi connectivity index (χ1v) is 7.73. The van der Waals surface area contributed by atoms with Gasteiger partial charge in [0, 0.05) is 23.6 Å². The van der Waals surface area contributed by atoms with Crippen LogP contribution in [0.4, 0.5) is 4.39 Å². The Morgan fingerprint density at radius 1 is 1.12 bits per heavy atom. The second-order valence-corrected chi connectivity index (χ2v) is 5.43. The average Bonchev–Trinajstić information content (AvgIpc) is 3.00. The Kier molecular flexibility index (Phi) is 4.79. The molecule has 0 N–H and O–H groups in total. The van der Waals surface area contributed by atoms with Gasteiger partial charge < -0.3 is 14.0 Å². The average molecular weight is 327 g/mol. The van der Waals surface area contributed by atoms with Gasteiger partial charge >= 0.3 is 5.97 Å². The van der Waals surface area contributed by atoms with E-state index in [1.807, 2.05) is 12.3 Å². The standard InChI is InChI=1S/C19H18FNO3/c1-23-19(22)14-3-6-17(7-4-14)24-12-2-10-21-11-9-15-13-16(20)5-8-18(15)21/h3-9,11,13H,2,10,12H2,1H3. The normalized spacial score (nSPS) is 10.8. The summed E-state index contributed by atoms with van der Waals surface area (Å²) < 4.78 is 25.6. The molecule has 0 aliphatic heterocycles. The highest BCUT2D eigenvalue weighted by molar-refractivity contribution is 5.89. The zero-order valence-corrected chi connectivity index (χ0v) is 13.4. The maximum atomic E-state index is 13.2. The Balaban J connectivity index is 1.52. The Morgan fingerprint density at radius 3 is 2.67 bits per heavy atom. The molecule has 0 unspecified atom stereocenters. The van der Waals surface area contributed by atoms with Crippen LogP contribution in [0.3, 0.4) is 0 Å². The lowest BCUT2D eigenvalue weighted by Crippen LogP contribution is -2.04. The van der Waals surface area contributed by atoms with E-state index in [0.29, 0.717) is 17.9 Å². The molecule has 1 aromatic heterocycles. The first kappa shape index (κ1) is 16.1. The van der Waals surface area contributed by atoms with Gasteiger partial charge in [-0.3, -0.25) is 0 Å². The predicted molar refractivity (Wildman–Crippen MR) is 89.8 cm³/mol. The van der Waals surface area contributed by atoms with Crippen LogP contribution in [0, 0.1) is 5.82 Å². The minimum Gasteiger partial charge on any atom is -0.494 e. The molecule has 1 heterocycles. The number of aryl methyl sites for hydroxylation is 1. The third kappa shape index (κ3) is 3.56. The van der Waals surface area contributed by atoms with Crippen LogP contribution in [0.5, 0.6) is 5.75 Å². The quantitative estimate of drug-likeness (QED) is 0.507. The number of carbonyl (C=O) groups excluding carboxylic acids is 1. The van der Waals surface area contributed by atoms with Crippen molar-refractivity contribution in [2.45, 2.75) is 13.0 Å². The zero-order chi connectivity index (χ0) is 16.9. The fourth-order valence-corrected chi connectivity index (χ4v) is 2.60. The number of hydrogen-bond acceptors (Lipinski definition) is 3. The molecule has 3 aromatic rings. The Hall–Kier alpha value is -2.82. The number of carbonyl (C=O) groups is 1. The van der Waals surface area contributed by atoms with Gasteiger partial charge in [-0.1, -0.05) is 0 Å². The van der Waals surface area contributed by atoms with Crippen molar-refractivity contribution in [1.82, 2.24) is 4.57 Å². The second-order valence-electron chi connectivity index (χ2n) is 5.43. The molecule has 124 valence electrons. The highest BCUT2D eigenvalue weighted by Crippen LogP contribution is 2.18. The highest BCUT2D eigenvalue weighted by atomic mass is 19.1. The van der Waals surface area contributed by atoms with Gasteiger partial charge in [0.15, 0.2) is 0 Å². The van der Waals surface area contributed by atoms with E-state index >= 15 is 0 Å². The van der Waals surface area contributed by atoms with Crippen molar-refractivity contribution < 1.29 is 18.7 Å². The van der Waals surface area contributed by atoms with Gasteiger partial charge in [0.25, 0.3) is 0 Å². The number of esters is 1. The molecule has 0 saturated heterocycles. The number of fused-ring (bicyclic) bond motifs is 1. The molecule has 5 heteroatoms. The van der Waals surface area contributed by atoms with Crippen LogP contribution < -0.4 is 4.74 Å². The molecule has 0 aliphatic rings. The summed E-state index contributed by atoms with van der Waals surface area (Å²) in [5.41, 5.74) is 1.51. The number of rotatable bonds is 6. The van der Waals surface area contributed by atoms with Gasteiger partial charge in [-0.2, -0.15) is 0 Å². The Labute approximate surface area is 139 Å². The molecule has 3 rings (SSSR count). The molecule has 0 aliphatic carbocycles. The Bertz CT molecular complexity index is 839. The van der Waals surface area contributed by atoms with Crippen molar-refractivity contribution in [3.63, 3.8) is 0 Å². The molecule has 24 heavy (non-hydrogen) atoms. The van der Waals surface area contributed by atoms with E-state index in [2.05, 4.69) is 9.30 Å². The molecule has 0 fully saturated rings. The fourth-order valence-electron chi connectivity index (χ4n) is 2.60. The number of ether oxygens (including phenoxy) is 2. The molecule has 0 radical (unpaired) electrons. The third-order valence-corrected chi connectivity index (χ3v) is 3.82. The minimum absolute atomic E-state index is 0.223. The fraction of sp³-hybridized carbons (Fsp3) is 0.211. The van der Waals surface area contributed by atoms with E-state index in [1.165, 1.54) is 19.2 Å². The van der Waals surface area contributed by atoms with E-state index in [-0.39, 0.29) is 11.8 Å². The molecule has 0 spiro atoms. The van der Waals surface area contributed by atoms with Crippen molar-refractivity contribution in [2.24, 2.45) is 0 Å². The van der Waals surface area contributed by atoms with Gasteiger partial charge in [-0.25, -0.2) is 9.18 Å². The first-order chi connectivity index (χ1) is 11.7. The van der Waals surface area contributed by atoms with Crippen LogP contribution in [-0.2, 0) is 11.3 Å². The molecular weight excluding hydrogens is 309 g/mol. The smallest absolute Gasteiger partial charge is 0.337 e. The summed E-state index contributed by atoms with van der Waals surface area (Å²) in [5.74, 6) is 0.124. The van der Waals surface area contributed by atoms with Gasteiger partial charge in [0.2, 0.25) is 0 Å². The zero-order valence-electron chi connectivity index (χ0n) is 13.4. The van der Waals surface area contributed by atoms with Gasteiger partial charge in [-0.05, 0) is 55.0 Å². The maximum absolute atomic E-state index is 13.2. The summed E-state index contributed by atoms with van der Waals surface area (Å²) in [5, 5.41) is 0.898. The number of halogens is 1. The third-order valence-electron chi connectivity index (χ3n) is 3.82. The van der Waals surface area contributed by atoms with Crippen molar-refractivity contribution in [3.05, 3.63) is 66.1 Å². The highest BCUT2D eigenvalue weighted by Gasteiger charge is 2.05. The summed E-state index contributed by atoms with van der Waals surface area (Å²) in [7, 11) is 1.35. The van der Waals surface area contributed by atoms with Crippen molar-refractivity contribution in [3.8, 4) is 5.75 Å².